The highest BCUT2D eigenvalue weighted by Gasteiger charge is 2.29. The van der Waals surface area contributed by atoms with Gasteiger partial charge in [-0.3, -0.25) is 9.59 Å². The summed E-state index contributed by atoms with van der Waals surface area (Å²) >= 11 is 17.5. The summed E-state index contributed by atoms with van der Waals surface area (Å²) in [5.41, 5.74) is 4.15. The van der Waals surface area contributed by atoms with Gasteiger partial charge in [0.05, 0.1) is 18.4 Å². The van der Waals surface area contributed by atoms with Gasteiger partial charge in [-0.15, -0.1) is 0 Å². The summed E-state index contributed by atoms with van der Waals surface area (Å²) in [5, 5.41) is 0.642. The van der Waals surface area contributed by atoms with E-state index in [0.717, 1.165) is 28.4 Å². The molecule has 0 aliphatic carbocycles. The van der Waals surface area contributed by atoms with Crippen molar-refractivity contribution in [2.75, 3.05) is 33.3 Å². The predicted molar refractivity (Wildman–Crippen MR) is 135 cm³/mol. The molecule has 178 valence electrons. The maximum atomic E-state index is 13.5. The highest BCUT2D eigenvalue weighted by molar-refractivity contribution is 6.53. The molecule has 34 heavy (non-hydrogen) atoms. The van der Waals surface area contributed by atoms with Crippen molar-refractivity contribution in [3.05, 3.63) is 70.9 Å². The fraction of sp³-hybridized carbons (Fsp3) is 0.280. The van der Waals surface area contributed by atoms with E-state index >= 15 is 0 Å². The summed E-state index contributed by atoms with van der Waals surface area (Å²) in [4.78, 5) is 27.8. The first kappa shape index (κ1) is 24.5. The van der Waals surface area contributed by atoms with Gasteiger partial charge < -0.3 is 19.1 Å². The molecule has 1 saturated heterocycles. The van der Waals surface area contributed by atoms with E-state index < -0.39 is 4.84 Å². The molecule has 0 N–H and O–H groups in total. The van der Waals surface area contributed by atoms with Crippen LogP contribution in [0.5, 0.6) is 5.75 Å². The Morgan fingerprint density at radius 1 is 0.912 bits per heavy atom. The van der Waals surface area contributed by atoms with E-state index in [2.05, 4.69) is 4.57 Å². The molecule has 9 heteroatoms. The van der Waals surface area contributed by atoms with Crippen molar-refractivity contribution < 1.29 is 14.3 Å². The van der Waals surface area contributed by atoms with Crippen molar-refractivity contribution in [3.63, 3.8) is 0 Å². The summed E-state index contributed by atoms with van der Waals surface area (Å²) in [7, 11) is 1.62. The zero-order valence-corrected chi connectivity index (χ0v) is 21.1. The number of hydrogen-bond donors (Lipinski definition) is 0. The first-order valence-electron chi connectivity index (χ1n) is 10.8. The van der Waals surface area contributed by atoms with Crippen LogP contribution in [0.1, 0.15) is 16.1 Å². The van der Waals surface area contributed by atoms with Gasteiger partial charge in [0.2, 0.25) is 0 Å². The van der Waals surface area contributed by atoms with Crippen molar-refractivity contribution >= 4 is 46.6 Å². The Hall–Kier alpha value is -2.67. The number of benzene rings is 2. The number of piperazine rings is 1. The van der Waals surface area contributed by atoms with Crippen LogP contribution in [0.4, 0.5) is 0 Å². The largest absolute Gasteiger partial charge is 0.497 e. The highest BCUT2D eigenvalue weighted by atomic mass is 35.5. The molecule has 4 rings (SSSR count). The lowest BCUT2D eigenvalue weighted by Crippen LogP contribution is -2.51. The van der Waals surface area contributed by atoms with Crippen molar-refractivity contribution in [2.45, 2.75) is 11.8 Å². The third-order valence-corrected chi connectivity index (χ3v) is 6.64. The fourth-order valence-corrected chi connectivity index (χ4v) is 4.56. The Morgan fingerprint density at radius 3 is 2.06 bits per heavy atom. The second kappa shape index (κ2) is 10.3. The van der Waals surface area contributed by atoms with E-state index in [-0.39, 0.29) is 11.8 Å². The second-order valence-electron chi connectivity index (χ2n) is 7.99. The lowest BCUT2D eigenvalue weighted by Gasteiger charge is -2.35. The number of halogens is 3. The van der Waals surface area contributed by atoms with E-state index in [9.17, 15) is 9.59 Å². The lowest BCUT2D eigenvalue weighted by atomic mass is 10.1. The smallest absolute Gasteiger partial charge is 0.255 e. The van der Waals surface area contributed by atoms with Gasteiger partial charge in [-0.2, -0.15) is 0 Å². The number of amides is 2. The molecular weight excluding hydrogens is 497 g/mol. The summed E-state index contributed by atoms with van der Waals surface area (Å²) < 4.78 is 7.35. The third-order valence-electron chi connectivity index (χ3n) is 6.01. The predicted octanol–water partition coefficient (Wildman–Crippen LogP) is 5.20. The summed E-state index contributed by atoms with van der Waals surface area (Å²) in [6.45, 7) is 3.54. The maximum Gasteiger partial charge on any atom is 0.255 e. The van der Waals surface area contributed by atoms with Gasteiger partial charge >= 0.3 is 0 Å². The molecule has 6 nitrogen and oxygen atoms in total. The molecule has 3 aromatic rings. The first-order chi connectivity index (χ1) is 16.3. The van der Waals surface area contributed by atoms with Crippen LogP contribution >= 0.6 is 34.8 Å². The molecule has 0 atom stereocenters. The summed E-state index contributed by atoms with van der Waals surface area (Å²) in [6.07, 6.45) is 0. The van der Waals surface area contributed by atoms with Crippen LogP contribution in [-0.2, 0) is 4.79 Å². The number of hydrogen-bond acceptors (Lipinski definition) is 3. The van der Waals surface area contributed by atoms with Crippen molar-refractivity contribution in [1.29, 1.82) is 0 Å². The molecule has 1 aromatic heterocycles. The van der Waals surface area contributed by atoms with Crippen LogP contribution in [0.25, 0.3) is 16.9 Å². The molecule has 0 bridgehead atoms. The maximum absolute atomic E-state index is 13.5. The molecule has 0 unspecified atom stereocenters. The Bertz CT molecular complexity index is 1180. The topological polar surface area (TPSA) is 54.8 Å². The van der Waals surface area contributed by atoms with Crippen molar-refractivity contribution in [2.24, 2.45) is 0 Å². The molecule has 1 aliphatic heterocycles. The molecule has 0 radical (unpaired) electrons. The minimum Gasteiger partial charge on any atom is -0.497 e. The molecule has 0 saturated carbocycles. The quantitative estimate of drug-likeness (QED) is 0.434. The van der Waals surface area contributed by atoms with Gasteiger partial charge in [0, 0.05) is 42.6 Å². The number of ether oxygens (including phenoxy) is 1. The molecule has 2 heterocycles. The van der Waals surface area contributed by atoms with Crippen LogP contribution in [0.2, 0.25) is 5.02 Å². The van der Waals surface area contributed by atoms with E-state index in [1.165, 1.54) is 0 Å². The van der Waals surface area contributed by atoms with Crippen molar-refractivity contribution in [1.82, 2.24) is 14.4 Å². The van der Waals surface area contributed by atoms with Crippen LogP contribution in [0.15, 0.2) is 54.6 Å². The number of nitrogens with zero attached hydrogens (tertiary/aromatic N) is 3. The average molecular weight is 521 g/mol. The Morgan fingerprint density at radius 2 is 1.50 bits per heavy atom. The van der Waals surface area contributed by atoms with Gasteiger partial charge in [0.15, 0.2) is 4.84 Å². The average Bonchev–Trinajstić information content (AvgIpc) is 3.20. The van der Waals surface area contributed by atoms with Gasteiger partial charge in [-0.05, 0) is 55.0 Å². The van der Waals surface area contributed by atoms with Gasteiger partial charge in [0.25, 0.3) is 11.8 Å². The molecule has 2 amide bonds. The monoisotopic (exact) mass is 519 g/mol. The standard InChI is InChI=1S/C25H24Cl3N3O3/c1-16-21(24(32)29-11-13-30(14-12-29)25(33)23(27)28)15-22(17-3-5-18(26)6-4-17)31(16)19-7-9-20(34-2)10-8-19/h3-10,15,23H,11-14H2,1-2H3. The Balaban J connectivity index is 1.69. The van der Waals surface area contributed by atoms with Gasteiger partial charge in [-0.1, -0.05) is 46.9 Å². The Labute approximate surface area is 213 Å². The summed E-state index contributed by atoms with van der Waals surface area (Å²) in [5.74, 6) is 0.337. The van der Waals surface area contributed by atoms with Crippen LogP contribution in [0, 0.1) is 6.92 Å². The van der Waals surface area contributed by atoms with E-state index in [1.54, 1.807) is 16.9 Å². The SMILES string of the molecule is COc1ccc(-n2c(-c3ccc(Cl)cc3)cc(C(=O)N3CCN(C(=O)C(Cl)Cl)CC3)c2C)cc1. The zero-order valence-electron chi connectivity index (χ0n) is 18.8. The van der Waals surface area contributed by atoms with Gasteiger partial charge in [0.1, 0.15) is 5.75 Å². The fourth-order valence-electron chi connectivity index (χ4n) is 4.16. The number of alkyl halides is 2. The number of rotatable bonds is 5. The van der Waals surface area contributed by atoms with Crippen LogP contribution < -0.4 is 4.74 Å². The first-order valence-corrected chi connectivity index (χ1v) is 12.0. The third kappa shape index (κ3) is 4.90. The van der Waals surface area contributed by atoms with Gasteiger partial charge in [-0.25, -0.2) is 0 Å². The number of aromatic nitrogens is 1. The molecule has 1 aliphatic rings. The lowest BCUT2D eigenvalue weighted by molar-refractivity contribution is -0.130. The van der Waals surface area contributed by atoms with E-state index in [0.29, 0.717) is 36.8 Å². The molecule has 2 aromatic carbocycles. The molecular formula is C25H24Cl3N3O3. The highest BCUT2D eigenvalue weighted by Crippen LogP contribution is 2.32. The van der Waals surface area contributed by atoms with E-state index in [1.807, 2.05) is 61.5 Å². The number of carbonyl (C=O) groups excluding carboxylic acids is 2. The zero-order chi connectivity index (χ0) is 24.4. The van der Waals surface area contributed by atoms with Crippen molar-refractivity contribution in [3.8, 4) is 22.7 Å². The van der Waals surface area contributed by atoms with E-state index in [4.69, 9.17) is 39.5 Å². The minimum absolute atomic E-state index is 0.0830. The number of carbonyl (C=O) groups is 2. The normalized spacial score (nSPS) is 13.9. The van der Waals surface area contributed by atoms with Crippen LogP contribution in [0.3, 0.4) is 0 Å². The Kier molecular flexibility index (Phi) is 7.41. The molecule has 1 fully saturated rings. The second-order valence-corrected chi connectivity index (χ2v) is 9.52. The number of methoxy groups -OCH3 is 1. The minimum atomic E-state index is -1.09. The van der Waals surface area contributed by atoms with Crippen LogP contribution in [-0.4, -0.2) is 64.3 Å². The molecule has 0 spiro atoms. The summed E-state index contributed by atoms with van der Waals surface area (Å²) in [6, 6.07) is 17.1.